The van der Waals surface area contributed by atoms with E-state index in [-0.39, 0.29) is 46.9 Å². The van der Waals surface area contributed by atoms with Crippen molar-refractivity contribution in [3.05, 3.63) is 0 Å². The van der Waals surface area contributed by atoms with E-state index in [4.69, 9.17) is 27.9 Å². The third-order valence-electron chi connectivity index (χ3n) is 8.17. The van der Waals surface area contributed by atoms with E-state index in [0.29, 0.717) is 31.6 Å². The molecular formula is C23H37Cl2N3O4. The maximum absolute atomic E-state index is 12.8. The minimum atomic E-state index is -0.688. The van der Waals surface area contributed by atoms with Crippen molar-refractivity contribution in [1.82, 2.24) is 16.0 Å². The van der Waals surface area contributed by atoms with E-state index >= 15 is 0 Å². The Morgan fingerprint density at radius 3 is 2.44 bits per heavy atom. The van der Waals surface area contributed by atoms with Crippen LogP contribution in [0, 0.1) is 5.92 Å². The monoisotopic (exact) mass is 489 g/mol. The summed E-state index contributed by atoms with van der Waals surface area (Å²) in [4.78, 5) is 25.5. The van der Waals surface area contributed by atoms with Crippen LogP contribution in [-0.4, -0.2) is 70.2 Å². The molecule has 0 aromatic rings. The van der Waals surface area contributed by atoms with Crippen molar-refractivity contribution in [2.75, 3.05) is 13.2 Å². The first-order valence-electron chi connectivity index (χ1n) is 12.1. The number of hydrogen-bond acceptors (Lipinski definition) is 5. The largest absolute Gasteiger partial charge is 0.391 e. The number of aliphatic hydroxyl groups excluding tert-OH is 1. The predicted octanol–water partition coefficient (Wildman–Crippen LogP) is 2.21. The highest BCUT2D eigenvalue weighted by atomic mass is 35.5. The molecular weight excluding hydrogens is 453 g/mol. The smallest absolute Gasteiger partial charge is 0.246 e. The van der Waals surface area contributed by atoms with Crippen LogP contribution in [0.3, 0.4) is 0 Å². The molecule has 6 atom stereocenters. The lowest BCUT2D eigenvalue weighted by atomic mass is 9.59. The summed E-state index contributed by atoms with van der Waals surface area (Å²) in [5, 5.41) is 20.4. The number of fused-ring (bicyclic) bond motifs is 3. The lowest BCUT2D eigenvalue weighted by Crippen LogP contribution is -2.71. The number of piperidine rings is 1. The topological polar surface area (TPSA) is 99.7 Å². The first-order valence-corrected chi connectivity index (χ1v) is 13.0. The van der Waals surface area contributed by atoms with Crippen molar-refractivity contribution in [1.29, 1.82) is 0 Å². The Balaban J connectivity index is 1.26. The highest BCUT2D eigenvalue weighted by molar-refractivity contribution is 6.30. The second-order valence-electron chi connectivity index (χ2n) is 10.6. The number of hydrogen-bond donors (Lipinski definition) is 4. The zero-order valence-electron chi connectivity index (χ0n) is 18.9. The molecule has 5 unspecified atom stereocenters. The number of nitrogens with one attached hydrogen (secondary N) is 3. The van der Waals surface area contributed by atoms with E-state index in [0.717, 1.165) is 45.1 Å². The Kier molecular flexibility index (Phi) is 7.62. The van der Waals surface area contributed by atoms with Crippen LogP contribution in [-0.2, 0) is 14.3 Å². The minimum absolute atomic E-state index is 0.0383. The SMILES string of the molecule is CC1CCC(C(=O)NC23CCC(NC(=O)COC4CCC(Cl)C(Cl)C4)(CC2)[C@@H](O)C3)NC1. The van der Waals surface area contributed by atoms with Gasteiger partial charge in [-0.05, 0) is 76.7 Å². The summed E-state index contributed by atoms with van der Waals surface area (Å²) in [7, 11) is 0. The molecule has 0 spiro atoms. The van der Waals surface area contributed by atoms with Gasteiger partial charge in [0.1, 0.15) is 6.61 Å². The van der Waals surface area contributed by atoms with Crippen LogP contribution >= 0.6 is 23.2 Å². The standard InChI is InChI=1S/C23H37Cl2N3O4/c1-14-2-5-18(26-12-14)21(31)28-22-6-8-23(9-7-22,19(29)11-22)27-20(30)13-32-15-3-4-16(24)17(25)10-15/h14-19,26,29H,2-13H2,1H3,(H,27,30)(H,28,31)/t14?,15?,16?,17?,18?,19-,22?,23?/m0/s1. The fourth-order valence-electron chi connectivity index (χ4n) is 5.93. The van der Waals surface area contributed by atoms with Crippen molar-refractivity contribution >= 4 is 35.0 Å². The molecule has 5 fully saturated rings. The lowest BCUT2D eigenvalue weighted by Gasteiger charge is -2.56. The van der Waals surface area contributed by atoms with Crippen LogP contribution in [0.2, 0.25) is 0 Å². The van der Waals surface area contributed by atoms with Crippen LogP contribution in [0.25, 0.3) is 0 Å². The number of alkyl halides is 2. The normalized spacial score (nSPS) is 44.1. The fraction of sp³-hybridized carbons (Fsp3) is 0.913. The van der Waals surface area contributed by atoms with Crippen LogP contribution in [0.5, 0.6) is 0 Å². The number of aliphatic hydroxyl groups is 1. The minimum Gasteiger partial charge on any atom is -0.391 e. The van der Waals surface area contributed by atoms with Crippen LogP contribution in [0.4, 0.5) is 0 Å². The highest BCUT2D eigenvalue weighted by Crippen LogP contribution is 2.47. The molecule has 32 heavy (non-hydrogen) atoms. The van der Waals surface area contributed by atoms with Crippen LogP contribution < -0.4 is 16.0 Å². The molecule has 5 aliphatic rings. The van der Waals surface area contributed by atoms with Crippen LogP contribution in [0.1, 0.15) is 71.1 Å². The summed E-state index contributed by atoms with van der Waals surface area (Å²) in [6, 6.07) is -0.148. The molecule has 4 aliphatic carbocycles. The van der Waals surface area contributed by atoms with Gasteiger partial charge in [-0.1, -0.05) is 6.92 Å². The molecule has 9 heteroatoms. The second kappa shape index (κ2) is 9.95. The molecule has 7 nitrogen and oxygen atoms in total. The van der Waals surface area contributed by atoms with Crippen molar-refractivity contribution in [3.63, 3.8) is 0 Å². The molecule has 0 aromatic carbocycles. The number of amides is 2. The van der Waals surface area contributed by atoms with Crippen molar-refractivity contribution < 1.29 is 19.4 Å². The number of carbonyl (C=O) groups excluding carboxylic acids is 2. The molecule has 1 aliphatic heterocycles. The van der Waals surface area contributed by atoms with E-state index in [2.05, 4.69) is 22.9 Å². The maximum Gasteiger partial charge on any atom is 0.246 e. The van der Waals surface area contributed by atoms with E-state index in [1.54, 1.807) is 0 Å². The number of halogens is 2. The van der Waals surface area contributed by atoms with E-state index in [1.807, 2.05) is 0 Å². The van der Waals surface area contributed by atoms with Gasteiger partial charge in [0.15, 0.2) is 0 Å². The lowest BCUT2D eigenvalue weighted by molar-refractivity contribution is -0.140. The summed E-state index contributed by atoms with van der Waals surface area (Å²) >= 11 is 12.4. The van der Waals surface area contributed by atoms with E-state index < -0.39 is 11.6 Å². The average molecular weight is 490 g/mol. The third kappa shape index (κ3) is 5.38. The molecule has 2 bridgehead atoms. The van der Waals surface area contributed by atoms with Gasteiger partial charge in [0, 0.05) is 5.54 Å². The highest BCUT2D eigenvalue weighted by Gasteiger charge is 2.55. The van der Waals surface area contributed by atoms with E-state index in [1.165, 1.54) is 0 Å². The third-order valence-corrected chi connectivity index (χ3v) is 9.30. The molecule has 1 heterocycles. The Morgan fingerprint density at radius 1 is 1.06 bits per heavy atom. The Bertz CT molecular complexity index is 693. The van der Waals surface area contributed by atoms with Gasteiger partial charge >= 0.3 is 0 Å². The Labute approximate surface area is 200 Å². The van der Waals surface area contributed by atoms with Crippen molar-refractivity contribution in [3.8, 4) is 0 Å². The van der Waals surface area contributed by atoms with Gasteiger partial charge in [-0.15, -0.1) is 23.2 Å². The average Bonchev–Trinajstić information content (AvgIpc) is 2.76. The van der Waals surface area contributed by atoms with Gasteiger partial charge in [-0.25, -0.2) is 0 Å². The quantitative estimate of drug-likeness (QED) is 0.428. The van der Waals surface area contributed by atoms with Gasteiger partial charge in [-0.3, -0.25) is 9.59 Å². The Hall–Kier alpha value is -0.600. The van der Waals surface area contributed by atoms with Crippen LogP contribution in [0.15, 0.2) is 0 Å². The molecule has 4 saturated carbocycles. The van der Waals surface area contributed by atoms with Gasteiger partial charge < -0.3 is 25.8 Å². The van der Waals surface area contributed by atoms with Crippen molar-refractivity contribution in [2.24, 2.45) is 5.92 Å². The van der Waals surface area contributed by atoms with Crippen molar-refractivity contribution in [2.45, 2.75) is 111 Å². The van der Waals surface area contributed by atoms with Gasteiger partial charge in [0.2, 0.25) is 11.8 Å². The number of ether oxygens (including phenoxy) is 1. The summed E-state index contributed by atoms with van der Waals surface area (Å²) < 4.78 is 5.79. The fourth-order valence-corrected chi connectivity index (χ4v) is 6.49. The van der Waals surface area contributed by atoms with Gasteiger partial charge in [-0.2, -0.15) is 0 Å². The summed E-state index contributed by atoms with van der Waals surface area (Å²) in [5.74, 6) is 0.436. The molecule has 4 N–H and O–H groups in total. The maximum atomic E-state index is 12.8. The van der Waals surface area contributed by atoms with E-state index in [9.17, 15) is 14.7 Å². The summed E-state index contributed by atoms with van der Waals surface area (Å²) in [6.45, 7) is 3.02. The second-order valence-corrected chi connectivity index (χ2v) is 11.7. The summed E-state index contributed by atoms with van der Waals surface area (Å²) in [5.41, 5.74) is -1.01. The number of rotatable bonds is 6. The zero-order chi connectivity index (χ0) is 22.9. The molecule has 2 amide bonds. The first-order chi connectivity index (χ1) is 15.2. The molecule has 182 valence electrons. The zero-order valence-corrected chi connectivity index (χ0v) is 20.4. The molecule has 0 aromatic heterocycles. The molecule has 5 rings (SSSR count). The Morgan fingerprint density at radius 2 is 1.81 bits per heavy atom. The van der Waals surface area contributed by atoms with Gasteiger partial charge in [0.05, 0.1) is 34.5 Å². The predicted molar refractivity (Wildman–Crippen MR) is 124 cm³/mol. The summed E-state index contributed by atoms with van der Waals surface area (Å²) in [6.07, 6.45) is 6.67. The number of carbonyl (C=O) groups is 2. The van der Waals surface area contributed by atoms with Gasteiger partial charge in [0.25, 0.3) is 0 Å². The molecule has 0 radical (unpaired) electrons. The molecule has 1 saturated heterocycles. The first kappa shape index (κ1) is 24.5.